The summed E-state index contributed by atoms with van der Waals surface area (Å²) in [6.45, 7) is 9.00. The van der Waals surface area contributed by atoms with Crippen molar-refractivity contribution < 1.29 is 82.0 Å². The van der Waals surface area contributed by atoms with Gasteiger partial charge < -0.3 is 39.3 Å². The predicted octanol–water partition coefficient (Wildman–Crippen LogP) is 17.6. The number of halogens is 3. The van der Waals surface area contributed by atoms with Gasteiger partial charge >= 0.3 is 49.4 Å². The zero-order chi connectivity index (χ0) is 80.8. The van der Waals surface area contributed by atoms with Gasteiger partial charge in [-0.3, -0.25) is 49.7 Å². The van der Waals surface area contributed by atoms with Crippen LogP contribution in [0.3, 0.4) is 0 Å². The molecular weight excluding hydrogens is 1940 g/mol. The van der Waals surface area contributed by atoms with E-state index in [1.807, 2.05) is 149 Å². The molecule has 25 nitrogen and oxygen atoms in total. The Labute approximate surface area is 742 Å². The first-order valence-electron chi connectivity index (χ1n) is 34.1. The Morgan fingerprint density at radius 1 is 0.504 bits per heavy atom. The van der Waals surface area contributed by atoms with Crippen LogP contribution >= 0.6 is 111 Å². The summed E-state index contributed by atoms with van der Waals surface area (Å²) in [4.78, 5) is 55.1. The molecule has 0 saturated heterocycles. The van der Waals surface area contributed by atoms with Crippen LogP contribution in [0.1, 0.15) is 92.1 Å². The van der Waals surface area contributed by atoms with Gasteiger partial charge in [0.05, 0.1) is 93.1 Å². The Bertz CT molecular complexity index is 4500. The molecule has 8 atom stereocenters. The van der Waals surface area contributed by atoms with Gasteiger partial charge in [0, 0.05) is 134 Å². The Morgan fingerprint density at radius 3 is 1.14 bits per heavy atom. The number of nitrogens with zero attached hydrogens (tertiary/aromatic N) is 8. The van der Waals surface area contributed by atoms with Gasteiger partial charge in [0.15, 0.2) is 15.6 Å². The number of para-hydroxylation sites is 5. The molecule has 0 aliphatic carbocycles. The molecule has 5 heterocycles. The van der Waals surface area contributed by atoms with E-state index in [4.69, 9.17) is 39.3 Å². The van der Waals surface area contributed by atoms with E-state index in [-0.39, 0.29) is 108 Å². The number of Topliss-reactive ketones (excluding diaryl/α,β-unsaturated/α-hetero) is 1. The molecule has 0 radical (unpaired) electrons. The van der Waals surface area contributed by atoms with Gasteiger partial charge in [-0.05, 0) is 123 Å². The number of nitrogens with two attached hydrogens (primary N) is 1. The Balaban J connectivity index is 0. The number of rotatable bonds is 35. The number of thioether (sulfide) groups is 4. The van der Waals surface area contributed by atoms with Crippen LogP contribution in [0, 0.1) is 0 Å². The number of carbonyl (C=O) groups excluding carboxylic acids is 3. The second-order valence-corrected chi connectivity index (χ2v) is 42.2. The molecular formula is C81H115I3N10O15S5V. The molecule has 0 fully saturated rings. The van der Waals surface area contributed by atoms with Crippen LogP contribution in [0.15, 0.2) is 188 Å². The van der Waals surface area contributed by atoms with Crippen LogP contribution in [0.25, 0.3) is 54.5 Å². The van der Waals surface area contributed by atoms with Crippen LogP contribution in [-0.2, 0) is 86.1 Å². The van der Waals surface area contributed by atoms with E-state index in [1.165, 1.54) is 18.9 Å². The van der Waals surface area contributed by atoms with Crippen molar-refractivity contribution >= 4 is 200 Å². The number of amides is 2. The molecule has 5 aromatic carbocycles. The number of carbonyl (C=O) groups is 3. The van der Waals surface area contributed by atoms with Crippen LogP contribution in [0.4, 0.5) is 0 Å². The normalized spacial score (nSPS) is 12.7. The number of hydrogen-bond acceptors (Lipinski definition) is 27. The van der Waals surface area contributed by atoms with Gasteiger partial charge in [0.25, 0.3) is 0 Å². The van der Waals surface area contributed by atoms with E-state index >= 15 is 0 Å². The van der Waals surface area contributed by atoms with Crippen molar-refractivity contribution in [1.29, 1.82) is 0 Å². The van der Waals surface area contributed by atoms with Crippen molar-refractivity contribution in [2.45, 2.75) is 142 Å². The van der Waals surface area contributed by atoms with E-state index < -0.39 is 27.7 Å². The summed E-state index contributed by atoms with van der Waals surface area (Å²) in [5.41, 5.74) is 12.9. The van der Waals surface area contributed by atoms with Gasteiger partial charge in [-0.15, -0.1) is 35.7 Å². The summed E-state index contributed by atoms with van der Waals surface area (Å²) >= 11 is 11.4. The summed E-state index contributed by atoms with van der Waals surface area (Å²) < 4.78 is 50.5. The molecule has 635 valence electrons. The van der Waals surface area contributed by atoms with Crippen LogP contribution in [0.2, 0.25) is 0 Å². The number of ketones is 1. The number of oxime groups is 1. The fraction of sp³-hybridized carbons (Fsp3) is 0.395. The molecule has 0 aliphatic rings. The number of ether oxygens (including phenoxy) is 5. The van der Waals surface area contributed by atoms with Gasteiger partial charge in [-0.2, -0.15) is 40.8 Å². The van der Waals surface area contributed by atoms with Gasteiger partial charge in [0.1, 0.15) is 6.10 Å². The molecule has 115 heavy (non-hydrogen) atoms. The fourth-order valence-electron chi connectivity index (χ4n) is 10.1. The molecule has 0 saturated carbocycles. The van der Waals surface area contributed by atoms with E-state index in [0.29, 0.717) is 54.5 Å². The summed E-state index contributed by atoms with van der Waals surface area (Å²) in [6.07, 6.45) is 8.27. The molecule has 2 amide bonds. The number of pyridine rings is 5. The average Bonchev–Trinajstić information content (AvgIpc) is 0.828. The third-order valence-electron chi connectivity index (χ3n) is 16.8. The first-order valence-corrected chi connectivity index (χ1v) is 49.6. The monoisotopic (exact) mass is 2060 g/mol. The molecule has 5 aromatic heterocycles. The summed E-state index contributed by atoms with van der Waals surface area (Å²) in [6, 6.07) is 48.5. The van der Waals surface area contributed by atoms with Crippen molar-refractivity contribution in [2.75, 3.05) is 64.3 Å². The number of hydroxylamine groups is 5. The second-order valence-electron chi connectivity index (χ2n) is 24.3. The van der Waals surface area contributed by atoms with E-state index in [2.05, 4.69) is 124 Å². The van der Waals surface area contributed by atoms with Crippen molar-refractivity contribution in [2.24, 2.45) is 11.1 Å². The average molecular weight is 2060 g/mol. The van der Waals surface area contributed by atoms with Gasteiger partial charge in [-0.25, -0.2) is 24.4 Å². The van der Waals surface area contributed by atoms with E-state index in [0.717, 1.165) is 100.0 Å². The number of nitrogens with one attached hydrogen (secondary N) is 1. The Hall–Kier alpha value is -5.09. The van der Waals surface area contributed by atoms with Crippen molar-refractivity contribution in [1.82, 2.24) is 40.5 Å². The van der Waals surface area contributed by atoms with Crippen molar-refractivity contribution in [3.8, 4) is 0 Å². The topological polar surface area (TPSA) is 354 Å². The second kappa shape index (κ2) is 63.9. The molecule has 8 N–H and O–H groups in total. The number of aromatic nitrogens is 5. The summed E-state index contributed by atoms with van der Waals surface area (Å²) in [7, 11) is 4.79. The number of hydrogen-bond donors (Lipinski definition) is 7. The van der Waals surface area contributed by atoms with Crippen LogP contribution in [-0.4, -0.2) is 207 Å². The Kier molecular flexibility index (Phi) is 62.2. The summed E-state index contributed by atoms with van der Waals surface area (Å²) in [5, 5.41) is 53.5. The molecule has 10 aromatic rings. The van der Waals surface area contributed by atoms with Gasteiger partial charge in [-0.1, -0.05) is 126 Å². The zero-order valence-electron chi connectivity index (χ0n) is 63.3. The van der Waals surface area contributed by atoms with Crippen molar-refractivity contribution in [3.63, 3.8) is 0 Å². The number of benzene rings is 5. The quantitative estimate of drug-likeness (QED) is 0.00484. The molecule has 0 spiro atoms. The van der Waals surface area contributed by atoms with Gasteiger partial charge in [0.2, 0.25) is 12.8 Å². The number of sulfone groups is 1. The maximum atomic E-state index is 12.5. The first kappa shape index (κ1) is 112. The molecule has 8 unspecified atom stereocenters. The van der Waals surface area contributed by atoms with Crippen LogP contribution in [0.5, 0.6) is 0 Å². The maximum absolute atomic E-state index is 12.5. The van der Waals surface area contributed by atoms with E-state index in [9.17, 15) is 33.2 Å². The minimum atomic E-state index is -3.59. The van der Waals surface area contributed by atoms with E-state index in [1.54, 1.807) is 95.4 Å². The Morgan fingerprint density at radius 2 is 0.809 bits per heavy atom. The van der Waals surface area contributed by atoms with Crippen molar-refractivity contribution in [3.05, 3.63) is 210 Å². The predicted molar refractivity (Wildman–Crippen MR) is 499 cm³/mol. The molecule has 0 aliphatic heterocycles. The third-order valence-corrected chi connectivity index (χ3v) is 22.7. The first-order chi connectivity index (χ1) is 53.1. The van der Waals surface area contributed by atoms with Crippen LogP contribution < -0.4 is 11.4 Å². The minimum absolute atomic E-state index is 0. The molecule has 10 rings (SSSR count). The summed E-state index contributed by atoms with van der Waals surface area (Å²) in [5.74, 6) is 8.70. The SMILES string of the molecule is C.C.C.C.COC(C)C(=O)CSCc1cnc2ccccc2c1.COC(C)C(CS(=O)(=O)Cc1cnc2ccccc2c1)N(O)C=O.COC(C)C(CSCc1cnc2ccccc2c1)=NO.COC(C)C(CSCc1cnc2ccccc2c1)N(O)C=O.COC(C)C(CSCc1cnc2ccccc2c1)NO.I.NO.[I][V][I]. The third kappa shape index (κ3) is 40.7. The fourth-order valence-corrected chi connectivity index (χ4v) is 16.0. The molecule has 34 heteroatoms. The zero-order valence-corrected chi connectivity index (χ0v) is 75.4. The number of methoxy groups -OCH3 is 5. The standard InChI is InChI=1S/C16H20N2O5S.C16H20N2O3S.C15H20N2O2S.C15H18N2O2S.C15H17NO2S.4CH4.3HI.H3NO.V/c1-12(23-2)16(18(20)11-19)10-24(21,22)9-13-7-14-5-3-4-6-15(14)17-8-13;1-12(21-2)16(18(20)11-19)10-22-9-13-7-14-5-3-4-6-15(14)17-8-13;2*1-11(19-2)15(17-18)10-20-9-12-7-13-5-3-4-6-14(13)16-8-12;1-11(18-2)15(17)10-19-9-12-7-13-5-3-4-6-14(13)16-8-12;;;;;;;;1-2;/h3-8,11-12,16,20H,9-10H2,1-2H3;3-8,11-12,16,20H,9-10H2,1-2H3;3-8,11,15,17-18H,9-10H2,1-2H3;3-8,11,18H,9-10H2,1-2H3;3-8,11H,9-10H2,1-2H3;4*1H4;3*1H;2H,1H2;/q;;;;;;;;;;;;;+2/p-2. The molecule has 0 bridgehead atoms. The number of fused-ring (bicyclic) bond motifs is 5.